The molecule has 23 heavy (non-hydrogen) atoms. The number of carbonyl (C=O) groups is 1. The van der Waals surface area contributed by atoms with E-state index in [4.69, 9.17) is 0 Å². The lowest BCUT2D eigenvalue weighted by molar-refractivity contribution is -0.120. The Balaban J connectivity index is 1.67. The molecule has 1 fully saturated rings. The maximum atomic E-state index is 11.9. The van der Waals surface area contributed by atoms with Gasteiger partial charge in [-0.05, 0) is 38.7 Å². The van der Waals surface area contributed by atoms with Crippen molar-refractivity contribution in [2.24, 2.45) is 0 Å². The van der Waals surface area contributed by atoms with Gasteiger partial charge in [0, 0.05) is 44.5 Å². The van der Waals surface area contributed by atoms with Crippen LogP contribution in [0.15, 0.2) is 30.3 Å². The van der Waals surface area contributed by atoms with Crippen LogP contribution in [0.5, 0.6) is 0 Å². The first-order valence-electron chi connectivity index (χ1n) is 8.45. The van der Waals surface area contributed by atoms with Gasteiger partial charge >= 0.3 is 0 Å². The Kier molecular flexibility index (Phi) is 7.24. The molecule has 2 rings (SSSR count). The number of hydrogen-bond donors (Lipinski definition) is 1. The highest BCUT2D eigenvalue weighted by Gasteiger charge is 2.18. The minimum atomic E-state index is 0.0341. The molecular weight excluding hydrogens is 306 g/mol. The van der Waals surface area contributed by atoms with Crippen LogP contribution in [0.3, 0.4) is 0 Å². The number of nitrogens with zero attached hydrogens (tertiary/aromatic N) is 2. The number of rotatable bonds is 7. The zero-order valence-corrected chi connectivity index (χ0v) is 15.3. The molecule has 0 spiro atoms. The molecule has 1 aromatic rings. The van der Waals surface area contributed by atoms with E-state index in [1.165, 1.54) is 5.69 Å². The summed E-state index contributed by atoms with van der Waals surface area (Å²) in [6, 6.07) is 10.9. The van der Waals surface area contributed by atoms with Gasteiger partial charge in [0.1, 0.15) is 0 Å². The lowest BCUT2D eigenvalue weighted by atomic mass is 10.2. The van der Waals surface area contributed by atoms with E-state index in [1.807, 2.05) is 13.2 Å². The van der Waals surface area contributed by atoms with Crippen LogP contribution < -0.4 is 10.2 Å². The van der Waals surface area contributed by atoms with Crippen molar-refractivity contribution < 1.29 is 4.79 Å². The minimum absolute atomic E-state index is 0.0341. The molecule has 0 aliphatic carbocycles. The molecule has 4 nitrogen and oxygen atoms in total. The second-order valence-electron chi connectivity index (χ2n) is 6.24. The van der Waals surface area contributed by atoms with Crippen LogP contribution >= 0.6 is 11.8 Å². The zero-order chi connectivity index (χ0) is 16.7. The molecule has 0 unspecified atom stereocenters. The molecule has 0 saturated carbocycles. The number of anilines is 1. The summed E-state index contributed by atoms with van der Waals surface area (Å²) in [5.74, 6) is 0.152. The van der Waals surface area contributed by atoms with Crippen LogP contribution in [0.2, 0.25) is 0 Å². The Morgan fingerprint density at radius 2 is 1.83 bits per heavy atom. The van der Waals surface area contributed by atoms with Crippen LogP contribution in [0.4, 0.5) is 5.69 Å². The van der Waals surface area contributed by atoms with Gasteiger partial charge < -0.3 is 10.2 Å². The molecular formula is C18H29N3OS. The summed E-state index contributed by atoms with van der Waals surface area (Å²) in [7, 11) is 0. The number of para-hydroxylation sites is 1. The number of thioether (sulfide) groups is 1. The maximum Gasteiger partial charge on any atom is 0.233 e. The van der Waals surface area contributed by atoms with Crippen molar-refractivity contribution in [2.45, 2.75) is 31.6 Å². The highest BCUT2D eigenvalue weighted by Crippen LogP contribution is 2.15. The molecule has 1 aliphatic heterocycles. The van der Waals surface area contributed by atoms with Gasteiger partial charge in [0.2, 0.25) is 5.91 Å². The molecule has 1 amide bonds. The molecule has 1 saturated heterocycles. The maximum absolute atomic E-state index is 11.9. The van der Waals surface area contributed by atoms with E-state index in [9.17, 15) is 4.79 Å². The topological polar surface area (TPSA) is 35.6 Å². The predicted molar refractivity (Wildman–Crippen MR) is 100 cm³/mol. The average Bonchev–Trinajstić information content (AvgIpc) is 2.60. The highest BCUT2D eigenvalue weighted by molar-refractivity contribution is 7.99. The van der Waals surface area contributed by atoms with E-state index in [2.05, 4.69) is 52.4 Å². The van der Waals surface area contributed by atoms with Crippen molar-refractivity contribution in [2.75, 3.05) is 43.9 Å². The standard InChI is InChI=1S/C18H29N3OS/c1-15(19-18(22)16(2)23-3)9-10-20-11-13-21(14-12-20)17-7-5-4-6-8-17/h4-8,15-16H,9-14H2,1-3H3,(H,19,22)/t15-,16+/m1/s1. The monoisotopic (exact) mass is 335 g/mol. The van der Waals surface area contributed by atoms with Gasteiger partial charge in [-0.25, -0.2) is 0 Å². The summed E-state index contributed by atoms with van der Waals surface area (Å²) in [4.78, 5) is 16.8. The smallest absolute Gasteiger partial charge is 0.233 e. The van der Waals surface area contributed by atoms with Crippen LogP contribution in [0.25, 0.3) is 0 Å². The Hall–Kier alpha value is -1.20. The average molecular weight is 336 g/mol. The lowest BCUT2D eigenvalue weighted by Crippen LogP contribution is -2.48. The fraction of sp³-hybridized carbons (Fsp3) is 0.611. The number of hydrogen-bond acceptors (Lipinski definition) is 4. The second-order valence-corrected chi connectivity index (χ2v) is 7.42. The third-order valence-electron chi connectivity index (χ3n) is 4.48. The van der Waals surface area contributed by atoms with Crippen LogP contribution in [0, 0.1) is 0 Å². The van der Waals surface area contributed by atoms with E-state index < -0.39 is 0 Å². The van der Waals surface area contributed by atoms with Gasteiger partial charge in [-0.1, -0.05) is 18.2 Å². The summed E-state index contributed by atoms with van der Waals surface area (Å²) in [5, 5.41) is 3.14. The Morgan fingerprint density at radius 3 is 2.43 bits per heavy atom. The zero-order valence-electron chi connectivity index (χ0n) is 14.5. The third-order valence-corrected chi connectivity index (χ3v) is 5.40. The summed E-state index contributed by atoms with van der Waals surface area (Å²) in [6.45, 7) is 9.45. The van der Waals surface area contributed by atoms with E-state index in [0.29, 0.717) is 0 Å². The molecule has 1 aromatic carbocycles. The van der Waals surface area contributed by atoms with Crippen molar-refractivity contribution >= 4 is 23.4 Å². The Bertz CT molecular complexity index is 474. The molecule has 1 heterocycles. The molecule has 2 atom stereocenters. The number of nitrogens with one attached hydrogen (secondary N) is 1. The summed E-state index contributed by atoms with van der Waals surface area (Å²) >= 11 is 1.59. The minimum Gasteiger partial charge on any atom is -0.369 e. The Morgan fingerprint density at radius 1 is 1.17 bits per heavy atom. The normalized spacial score (nSPS) is 18.5. The SMILES string of the molecule is CS[C@@H](C)C(=O)N[C@H](C)CCN1CCN(c2ccccc2)CC1. The summed E-state index contributed by atoms with van der Waals surface area (Å²) < 4.78 is 0. The molecule has 0 aromatic heterocycles. The number of carbonyl (C=O) groups excluding carboxylic acids is 1. The quantitative estimate of drug-likeness (QED) is 0.830. The van der Waals surface area contributed by atoms with Crippen molar-refractivity contribution in [3.63, 3.8) is 0 Å². The second kappa shape index (κ2) is 9.18. The lowest BCUT2D eigenvalue weighted by Gasteiger charge is -2.36. The molecule has 5 heteroatoms. The van der Waals surface area contributed by atoms with Gasteiger partial charge in [-0.3, -0.25) is 9.69 Å². The van der Waals surface area contributed by atoms with Crippen molar-refractivity contribution in [1.29, 1.82) is 0 Å². The highest BCUT2D eigenvalue weighted by atomic mass is 32.2. The molecule has 128 valence electrons. The van der Waals surface area contributed by atoms with Gasteiger partial charge in [-0.2, -0.15) is 11.8 Å². The van der Waals surface area contributed by atoms with E-state index >= 15 is 0 Å². The largest absolute Gasteiger partial charge is 0.369 e. The fourth-order valence-corrected chi connectivity index (χ4v) is 3.07. The van der Waals surface area contributed by atoms with Gasteiger partial charge in [0.05, 0.1) is 5.25 Å². The number of benzene rings is 1. The van der Waals surface area contributed by atoms with E-state index in [0.717, 1.165) is 39.1 Å². The third kappa shape index (κ3) is 5.74. The molecule has 1 aliphatic rings. The van der Waals surface area contributed by atoms with Gasteiger partial charge in [0.15, 0.2) is 0 Å². The fourth-order valence-electron chi connectivity index (χ4n) is 2.78. The van der Waals surface area contributed by atoms with Crippen molar-refractivity contribution in [3.05, 3.63) is 30.3 Å². The van der Waals surface area contributed by atoms with Gasteiger partial charge in [0.25, 0.3) is 0 Å². The molecule has 1 N–H and O–H groups in total. The summed E-state index contributed by atoms with van der Waals surface area (Å²) in [5.41, 5.74) is 1.32. The summed E-state index contributed by atoms with van der Waals surface area (Å²) in [6.07, 6.45) is 2.99. The molecule has 0 bridgehead atoms. The number of piperazine rings is 1. The van der Waals surface area contributed by atoms with Crippen LogP contribution in [-0.2, 0) is 4.79 Å². The first-order valence-corrected chi connectivity index (χ1v) is 9.74. The first kappa shape index (κ1) is 18.1. The Labute approximate surface area is 144 Å². The van der Waals surface area contributed by atoms with E-state index in [-0.39, 0.29) is 17.2 Å². The molecule has 0 radical (unpaired) electrons. The van der Waals surface area contributed by atoms with Crippen molar-refractivity contribution in [3.8, 4) is 0 Å². The van der Waals surface area contributed by atoms with E-state index in [1.54, 1.807) is 11.8 Å². The van der Waals surface area contributed by atoms with Gasteiger partial charge in [-0.15, -0.1) is 0 Å². The van der Waals surface area contributed by atoms with Crippen LogP contribution in [-0.4, -0.2) is 61.1 Å². The first-order chi connectivity index (χ1) is 11.1. The van der Waals surface area contributed by atoms with Crippen molar-refractivity contribution in [1.82, 2.24) is 10.2 Å². The number of amides is 1. The van der Waals surface area contributed by atoms with Crippen LogP contribution in [0.1, 0.15) is 20.3 Å². The predicted octanol–water partition coefficient (Wildman–Crippen LogP) is 2.45.